The highest BCUT2D eigenvalue weighted by Crippen LogP contribution is 2.43. The van der Waals surface area contributed by atoms with Crippen molar-refractivity contribution >= 4 is 39.2 Å². The normalized spacial score (nSPS) is 20.8. The molecule has 0 unspecified atom stereocenters. The summed E-state index contributed by atoms with van der Waals surface area (Å²) in [5.74, 6) is 1.89. The smallest absolute Gasteiger partial charge is 0.410 e. The quantitative estimate of drug-likeness (QED) is 0.229. The Morgan fingerprint density at radius 2 is 1.81 bits per heavy atom. The molecule has 8 nitrogen and oxygen atoms in total. The molecule has 42 heavy (non-hydrogen) atoms. The summed E-state index contributed by atoms with van der Waals surface area (Å²) in [6, 6.07) is 2.57. The maximum atomic E-state index is 12.9. The molecule has 2 fully saturated rings. The number of allylic oxidation sites excluding steroid dienone is 1. The number of nitrogens with one attached hydrogen (secondary N) is 3. The molecule has 0 bridgehead atoms. The summed E-state index contributed by atoms with van der Waals surface area (Å²) in [5.41, 5.74) is 8.48. The summed E-state index contributed by atoms with van der Waals surface area (Å²) in [7, 11) is 0. The van der Waals surface area contributed by atoms with Gasteiger partial charge in [0.1, 0.15) is 17.2 Å². The number of amides is 1. The molecule has 1 aliphatic carbocycles. The van der Waals surface area contributed by atoms with Gasteiger partial charge in [0.2, 0.25) is 0 Å². The first kappa shape index (κ1) is 27.4. The number of fused-ring (bicyclic) bond motifs is 2. The molecule has 9 heteroatoms. The number of carbonyl (C=O) groups is 1. The Kier molecular flexibility index (Phi) is 6.77. The van der Waals surface area contributed by atoms with E-state index < -0.39 is 5.60 Å². The van der Waals surface area contributed by atoms with Gasteiger partial charge in [0.25, 0.3) is 0 Å². The van der Waals surface area contributed by atoms with Gasteiger partial charge in [0.05, 0.1) is 40.7 Å². The van der Waals surface area contributed by atoms with Crippen LogP contribution < -0.4 is 5.32 Å². The van der Waals surface area contributed by atoms with Gasteiger partial charge in [-0.05, 0) is 125 Å². The molecule has 2 aliphatic heterocycles. The Balaban J connectivity index is 1.18. The molecule has 3 aromatic heterocycles. The molecule has 3 N–H and O–H groups in total. The molecule has 220 valence electrons. The summed E-state index contributed by atoms with van der Waals surface area (Å²) in [6.45, 7) is 12.0. The predicted octanol–water partition coefficient (Wildman–Crippen LogP) is 7.61. The van der Waals surface area contributed by atoms with Crippen molar-refractivity contribution in [3.05, 3.63) is 58.1 Å². The Bertz CT molecular complexity index is 1700. The number of nitrogens with zero attached hydrogens (tertiary/aromatic N) is 3. The van der Waals surface area contributed by atoms with Crippen LogP contribution in [0.3, 0.4) is 0 Å². The number of rotatable bonds is 4. The number of thiophene rings is 1. The molecule has 0 spiro atoms. The van der Waals surface area contributed by atoms with E-state index in [1.165, 1.54) is 49.2 Å². The van der Waals surface area contributed by atoms with E-state index in [0.717, 1.165) is 61.7 Å². The molecule has 2 saturated heterocycles. The fourth-order valence-corrected chi connectivity index (χ4v) is 8.04. The van der Waals surface area contributed by atoms with Crippen molar-refractivity contribution in [3.8, 4) is 10.6 Å². The van der Waals surface area contributed by atoms with E-state index in [0.29, 0.717) is 12.6 Å². The summed E-state index contributed by atoms with van der Waals surface area (Å²) < 4.78 is 7.00. The van der Waals surface area contributed by atoms with Crippen LogP contribution in [0.2, 0.25) is 0 Å². The first-order valence-corrected chi connectivity index (χ1v) is 16.1. The van der Waals surface area contributed by atoms with Gasteiger partial charge in [-0.3, -0.25) is 4.90 Å². The second-order valence-electron chi connectivity index (χ2n) is 13.0. The van der Waals surface area contributed by atoms with E-state index in [1.807, 2.05) is 49.4 Å². The minimum Gasteiger partial charge on any atom is -0.444 e. The minimum absolute atomic E-state index is 0.0882. The van der Waals surface area contributed by atoms with Gasteiger partial charge in [-0.2, -0.15) is 0 Å². The van der Waals surface area contributed by atoms with Gasteiger partial charge in [-0.15, -0.1) is 11.3 Å². The second kappa shape index (κ2) is 10.4. The van der Waals surface area contributed by atoms with Crippen LogP contribution in [0.25, 0.3) is 32.3 Å². The number of aromatic amines is 2. The summed E-state index contributed by atoms with van der Waals surface area (Å²) in [4.78, 5) is 32.5. The summed E-state index contributed by atoms with van der Waals surface area (Å²) in [6.07, 6.45) is 12.3. The van der Waals surface area contributed by atoms with Crippen molar-refractivity contribution in [2.24, 2.45) is 0 Å². The van der Waals surface area contributed by atoms with Gasteiger partial charge >= 0.3 is 6.09 Å². The zero-order valence-corrected chi connectivity index (χ0v) is 26.0. The van der Waals surface area contributed by atoms with Crippen LogP contribution in [-0.4, -0.2) is 49.6 Å². The van der Waals surface area contributed by atoms with Crippen molar-refractivity contribution in [1.82, 2.24) is 30.2 Å². The Morgan fingerprint density at radius 3 is 2.60 bits per heavy atom. The fraction of sp³-hybridized carbons (Fsp3) is 0.485. The Morgan fingerprint density at radius 1 is 1.02 bits per heavy atom. The fourth-order valence-electron chi connectivity index (χ4n) is 6.85. The first-order valence-electron chi connectivity index (χ1n) is 15.3. The van der Waals surface area contributed by atoms with E-state index in [1.54, 1.807) is 0 Å². The van der Waals surface area contributed by atoms with Crippen molar-refractivity contribution in [3.63, 3.8) is 0 Å². The SMILES string of the molecule is Cc1c2c(c(C)c3sc(-c4cnc([C@@H]5CCCN5C(=O)OC(C)(C)C)[nH]4)cc13)C=C(c1cnc([C@@H]3CCCN3)[nH]1)CC2. The van der Waals surface area contributed by atoms with Crippen molar-refractivity contribution in [2.75, 3.05) is 13.1 Å². The summed E-state index contributed by atoms with van der Waals surface area (Å²) >= 11 is 1.82. The average Bonchev–Trinajstić information content (AvgIpc) is 3.78. The molecule has 3 aliphatic rings. The summed E-state index contributed by atoms with van der Waals surface area (Å²) in [5, 5.41) is 4.87. The lowest BCUT2D eigenvalue weighted by Crippen LogP contribution is -2.36. The number of carbonyl (C=O) groups excluding carboxylic acids is 1. The number of imidazole rings is 2. The highest BCUT2D eigenvalue weighted by Gasteiger charge is 2.35. The van der Waals surface area contributed by atoms with E-state index in [2.05, 4.69) is 41.3 Å². The molecule has 4 aromatic rings. The van der Waals surface area contributed by atoms with E-state index >= 15 is 0 Å². The number of hydrogen-bond donors (Lipinski definition) is 3. The Hall–Kier alpha value is -3.43. The molecule has 1 aromatic carbocycles. The standard InChI is InChI=1S/C33H40N6O2S/c1-18-21-11-10-20(25-16-35-30(37-25)24-8-6-12-34-24)14-22(21)19(2)29-23(18)15-28(42-29)26-17-36-31(38-26)27-9-7-13-39(27)32(40)41-33(3,4)5/h14-17,24,27,34H,6-13H2,1-5H3,(H,35,37)(H,36,38)/t24-,27-/m0/s1. The van der Waals surface area contributed by atoms with Crippen molar-refractivity contribution < 1.29 is 9.53 Å². The van der Waals surface area contributed by atoms with Crippen LogP contribution >= 0.6 is 11.3 Å². The lowest BCUT2D eigenvalue weighted by Gasteiger charge is -2.27. The number of H-pyrrole nitrogens is 2. The van der Waals surface area contributed by atoms with Crippen LogP contribution in [0.15, 0.2) is 18.5 Å². The number of likely N-dealkylation sites (tertiary alicyclic amines) is 1. The highest BCUT2D eigenvalue weighted by atomic mass is 32.1. The predicted molar refractivity (Wildman–Crippen MR) is 169 cm³/mol. The van der Waals surface area contributed by atoms with Crippen LogP contribution in [-0.2, 0) is 11.2 Å². The first-order chi connectivity index (χ1) is 20.2. The molecular weight excluding hydrogens is 544 g/mol. The molecule has 0 radical (unpaired) electrons. The number of benzene rings is 1. The molecular formula is C33H40N6O2S. The van der Waals surface area contributed by atoms with Gasteiger partial charge in [-0.1, -0.05) is 0 Å². The van der Waals surface area contributed by atoms with E-state index in [4.69, 9.17) is 14.7 Å². The number of ether oxygens (including phenoxy) is 1. The van der Waals surface area contributed by atoms with Crippen LogP contribution in [0.5, 0.6) is 0 Å². The number of aryl methyl sites for hydroxylation is 2. The monoisotopic (exact) mass is 584 g/mol. The largest absolute Gasteiger partial charge is 0.444 e. The zero-order chi connectivity index (χ0) is 29.2. The maximum absolute atomic E-state index is 12.9. The molecule has 1 amide bonds. The van der Waals surface area contributed by atoms with Crippen molar-refractivity contribution in [1.29, 1.82) is 0 Å². The molecule has 5 heterocycles. The van der Waals surface area contributed by atoms with E-state index in [9.17, 15) is 4.79 Å². The van der Waals surface area contributed by atoms with Crippen molar-refractivity contribution in [2.45, 2.75) is 90.8 Å². The topological polar surface area (TPSA) is 98.9 Å². The lowest BCUT2D eigenvalue weighted by atomic mass is 9.84. The second-order valence-corrected chi connectivity index (χ2v) is 14.1. The lowest BCUT2D eigenvalue weighted by molar-refractivity contribution is 0.0218. The maximum Gasteiger partial charge on any atom is 0.410 e. The molecule has 2 atom stereocenters. The minimum atomic E-state index is -0.519. The molecule has 7 rings (SSSR count). The number of hydrogen-bond acceptors (Lipinski definition) is 6. The highest BCUT2D eigenvalue weighted by molar-refractivity contribution is 7.22. The third-order valence-electron chi connectivity index (χ3n) is 9.01. The van der Waals surface area contributed by atoms with Gasteiger partial charge < -0.3 is 20.0 Å². The van der Waals surface area contributed by atoms with Gasteiger partial charge in [0, 0.05) is 11.2 Å². The average molecular weight is 585 g/mol. The third kappa shape index (κ3) is 4.86. The number of aromatic nitrogens is 4. The van der Waals surface area contributed by atoms with Gasteiger partial charge in [0.15, 0.2) is 0 Å². The van der Waals surface area contributed by atoms with Crippen LogP contribution in [0.4, 0.5) is 4.79 Å². The zero-order valence-electron chi connectivity index (χ0n) is 25.2. The van der Waals surface area contributed by atoms with Crippen LogP contribution in [0, 0.1) is 13.8 Å². The Labute approximate surface area is 251 Å². The third-order valence-corrected chi connectivity index (χ3v) is 10.3. The molecule has 0 saturated carbocycles. The van der Waals surface area contributed by atoms with E-state index in [-0.39, 0.29) is 12.1 Å². The van der Waals surface area contributed by atoms with Crippen LogP contribution in [0.1, 0.15) is 105 Å². The van der Waals surface area contributed by atoms with Gasteiger partial charge in [-0.25, -0.2) is 14.8 Å².